The van der Waals surface area contributed by atoms with E-state index in [4.69, 9.17) is 4.74 Å². The van der Waals surface area contributed by atoms with Crippen molar-refractivity contribution in [2.75, 3.05) is 0 Å². The van der Waals surface area contributed by atoms with Gasteiger partial charge in [0.15, 0.2) is 0 Å². The molecule has 1 saturated carbocycles. The van der Waals surface area contributed by atoms with Gasteiger partial charge in [0.05, 0.1) is 12.2 Å². The monoisotopic (exact) mass is 236 g/mol. The van der Waals surface area contributed by atoms with Crippen molar-refractivity contribution in [3.63, 3.8) is 0 Å². The lowest BCUT2D eigenvalue weighted by molar-refractivity contribution is -0.130. The first-order valence-corrected chi connectivity index (χ1v) is 7.34. The molecular formula is C15H24O2. The number of ether oxygens (including phenoxy) is 1. The molecule has 0 N–H and O–H groups in total. The standard InChI is InChI=1S/C15H24O2/c1-9-3-4-11(7-10(9)2)15(16)13-8-12-5-6-14(13)17-12/h9-14H,3-8H2,1-2H3. The largest absolute Gasteiger partial charge is 0.374 e. The van der Waals surface area contributed by atoms with Crippen LogP contribution in [-0.4, -0.2) is 18.0 Å². The predicted octanol–water partition coefficient (Wildman–Crippen LogP) is 3.20. The summed E-state index contributed by atoms with van der Waals surface area (Å²) in [5.74, 6) is 2.65. The Morgan fingerprint density at radius 1 is 1.00 bits per heavy atom. The van der Waals surface area contributed by atoms with Gasteiger partial charge in [0, 0.05) is 11.8 Å². The molecule has 6 unspecified atom stereocenters. The van der Waals surface area contributed by atoms with Gasteiger partial charge in [-0.15, -0.1) is 0 Å². The van der Waals surface area contributed by atoms with Gasteiger partial charge in [-0.1, -0.05) is 13.8 Å². The third kappa shape index (κ3) is 2.05. The minimum atomic E-state index is 0.249. The first-order valence-electron chi connectivity index (χ1n) is 7.34. The third-order valence-corrected chi connectivity index (χ3v) is 5.47. The maximum atomic E-state index is 12.6. The van der Waals surface area contributed by atoms with Crippen LogP contribution in [-0.2, 0) is 9.53 Å². The van der Waals surface area contributed by atoms with Crippen molar-refractivity contribution in [3.05, 3.63) is 0 Å². The first-order chi connectivity index (χ1) is 8.15. The lowest BCUT2D eigenvalue weighted by atomic mass is 9.70. The van der Waals surface area contributed by atoms with E-state index >= 15 is 0 Å². The van der Waals surface area contributed by atoms with Crippen LogP contribution in [0.1, 0.15) is 52.4 Å². The van der Waals surface area contributed by atoms with Gasteiger partial charge in [-0.2, -0.15) is 0 Å². The second-order valence-electron chi connectivity index (χ2n) is 6.58. The number of Topliss-reactive ketones (excluding diaryl/α,β-unsaturated/α-hetero) is 1. The summed E-state index contributed by atoms with van der Waals surface area (Å²) in [4.78, 5) is 12.6. The summed E-state index contributed by atoms with van der Waals surface area (Å²) >= 11 is 0. The summed E-state index contributed by atoms with van der Waals surface area (Å²) in [6.07, 6.45) is 7.50. The summed E-state index contributed by atoms with van der Waals surface area (Å²) in [6, 6.07) is 0. The van der Waals surface area contributed by atoms with Crippen molar-refractivity contribution in [2.45, 2.75) is 64.6 Å². The van der Waals surface area contributed by atoms with E-state index in [-0.39, 0.29) is 12.0 Å². The number of carbonyl (C=O) groups is 1. The molecule has 0 aromatic rings. The van der Waals surface area contributed by atoms with Gasteiger partial charge >= 0.3 is 0 Å². The van der Waals surface area contributed by atoms with Gasteiger partial charge in [-0.25, -0.2) is 0 Å². The quantitative estimate of drug-likeness (QED) is 0.736. The number of hydrogen-bond acceptors (Lipinski definition) is 2. The Hall–Kier alpha value is -0.370. The zero-order valence-electron chi connectivity index (χ0n) is 11.0. The summed E-state index contributed by atoms with van der Waals surface area (Å²) in [5, 5.41) is 0. The summed E-state index contributed by atoms with van der Waals surface area (Å²) in [7, 11) is 0. The SMILES string of the molecule is CC1CCC(C(=O)C2CC3CCC2O3)CC1C. The van der Waals surface area contributed by atoms with Crippen LogP contribution < -0.4 is 0 Å². The molecule has 2 heteroatoms. The molecule has 0 radical (unpaired) electrons. The van der Waals surface area contributed by atoms with Crippen LogP contribution in [0, 0.1) is 23.7 Å². The number of hydrogen-bond donors (Lipinski definition) is 0. The molecule has 6 atom stereocenters. The minimum absolute atomic E-state index is 0.249. The van der Waals surface area contributed by atoms with Crippen molar-refractivity contribution in [1.82, 2.24) is 0 Å². The molecule has 3 aliphatic rings. The molecule has 0 amide bonds. The predicted molar refractivity (Wildman–Crippen MR) is 66.7 cm³/mol. The number of ketones is 1. The van der Waals surface area contributed by atoms with Gasteiger partial charge in [0.25, 0.3) is 0 Å². The Morgan fingerprint density at radius 2 is 1.82 bits per heavy atom. The third-order valence-electron chi connectivity index (χ3n) is 5.47. The van der Waals surface area contributed by atoms with Crippen LogP contribution >= 0.6 is 0 Å². The van der Waals surface area contributed by atoms with Gasteiger partial charge in [0.2, 0.25) is 0 Å². The molecule has 2 bridgehead atoms. The van der Waals surface area contributed by atoms with Gasteiger partial charge < -0.3 is 4.74 Å². The van der Waals surface area contributed by atoms with E-state index in [0.717, 1.165) is 37.5 Å². The van der Waals surface area contributed by atoms with E-state index in [9.17, 15) is 4.79 Å². The second kappa shape index (κ2) is 4.38. The van der Waals surface area contributed by atoms with Crippen LogP contribution in [0.25, 0.3) is 0 Å². The van der Waals surface area contributed by atoms with E-state index in [0.29, 0.717) is 17.8 Å². The van der Waals surface area contributed by atoms with Crippen LogP contribution in [0.3, 0.4) is 0 Å². The average Bonchev–Trinajstić information content (AvgIpc) is 2.93. The molecule has 0 aromatic carbocycles. The number of fused-ring (bicyclic) bond motifs is 2. The molecule has 2 nitrogen and oxygen atoms in total. The summed E-state index contributed by atoms with van der Waals surface area (Å²) in [5.41, 5.74) is 0. The number of carbonyl (C=O) groups excluding carboxylic acids is 1. The van der Waals surface area contributed by atoms with Gasteiger partial charge in [-0.3, -0.25) is 4.79 Å². The molecule has 0 aromatic heterocycles. The van der Waals surface area contributed by atoms with Crippen molar-refractivity contribution in [1.29, 1.82) is 0 Å². The highest BCUT2D eigenvalue weighted by Crippen LogP contribution is 2.43. The maximum absolute atomic E-state index is 12.6. The molecule has 3 fully saturated rings. The van der Waals surface area contributed by atoms with Crippen LogP contribution in [0.2, 0.25) is 0 Å². The fourth-order valence-corrected chi connectivity index (χ4v) is 4.05. The molecule has 96 valence electrons. The molecule has 2 aliphatic heterocycles. The zero-order chi connectivity index (χ0) is 12.0. The fraction of sp³-hybridized carbons (Fsp3) is 0.933. The molecule has 1 aliphatic carbocycles. The van der Waals surface area contributed by atoms with Crippen LogP contribution in [0.15, 0.2) is 0 Å². The van der Waals surface area contributed by atoms with E-state index in [1.807, 2.05) is 0 Å². The minimum Gasteiger partial charge on any atom is -0.374 e. The highest BCUT2D eigenvalue weighted by atomic mass is 16.5. The van der Waals surface area contributed by atoms with Crippen LogP contribution in [0.5, 0.6) is 0 Å². The molecule has 3 rings (SSSR count). The first kappa shape index (κ1) is 11.7. The van der Waals surface area contributed by atoms with Crippen molar-refractivity contribution in [3.8, 4) is 0 Å². The maximum Gasteiger partial charge on any atom is 0.141 e. The van der Waals surface area contributed by atoms with Crippen molar-refractivity contribution >= 4 is 5.78 Å². The molecule has 17 heavy (non-hydrogen) atoms. The van der Waals surface area contributed by atoms with Crippen LogP contribution in [0.4, 0.5) is 0 Å². The topological polar surface area (TPSA) is 26.3 Å². The van der Waals surface area contributed by atoms with E-state index in [2.05, 4.69) is 13.8 Å². The average molecular weight is 236 g/mol. The highest BCUT2D eigenvalue weighted by molar-refractivity contribution is 5.84. The van der Waals surface area contributed by atoms with Gasteiger partial charge in [-0.05, 0) is 50.4 Å². The lowest BCUT2D eigenvalue weighted by Gasteiger charge is -2.33. The zero-order valence-corrected chi connectivity index (χ0v) is 11.0. The summed E-state index contributed by atoms with van der Waals surface area (Å²) < 4.78 is 5.82. The molecule has 2 heterocycles. The van der Waals surface area contributed by atoms with E-state index in [1.54, 1.807) is 0 Å². The highest BCUT2D eigenvalue weighted by Gasteiger charge is 2.46. The Labute approximate surface area is 104 Å². The van der Waals surface area contributed by atoms with E-state index < -0.39 is 0 Å². The van der Waals surface area contributed by atoms with E-state index in [1.165, 1.54) is 12.8 Å². The number of rotatable bonds is 2. The Morgan fingerprint density at radius 3 is 2.41 bits per heavy atom. The Kier molecular flexibility index (Phi) is 3.02. The smallest absolute Gasteiger partial charge is 0.141 e. The second-order valence-corrected chi connectivity index (χ2v) is 6.58. The fourth-order valence-electron chi connectivity index (χ4n) is 4.05. The lowest BCUT2D eigenvalue weighted by Crippen LogP contribution is -2.34. The Balaban J connectivity index is 1.63. The van der Waals surface area contributed by atoms with Crippen molar-refractivity contribution in [2.24, 2.45) is 23.7 Å². The molecule has 0 spiro atoms. The van der Waals surface area contributed by atoms with Crippen molar-refractivity contribution < 1.29 is 9.53 Å². The molecule has 2 saturated heterocycles. The Bertz CT molecular complexity index is 312. The van der Waals surface area contributed by atoms with Gasteiger partial charge in [0.1, 0.15) is 5.78 Å². The molecular weight excluding hydrogens is 212 g/mol. The normalized spacial score (nSPS) is 49.5. The summed E-state index contributed by atoms with van der Waals surface area (Å²) in [6.45, 7) is 4.63.